The van der Waals surface area contributed by atoms with Crippen molar-refractivity contribution in [2.24, 2.45) is 17.1 Å². The number of Topliss-reactive ketones (excluding diaryl/α,β-unsaturated/α-hetero) is 1. The van der Waals surface area contributed by atoms with E-state index in [2.05, 4.69) is 42.2 Å². The summed E-state index contributed by atoms with van der Waals surface area (Å²) in [6, 6.07) is 22.3. The summed E-state index contributed by atoms with van der Waals surface area (Å²) in [7, 11) is 0. The van der Waals surface area contributed by atoms with Crippen LogP contribution < -0.4 is 10.6 Å². The molecule has 2 aromatic carbocycles. The first kappa shape index (κ1) is 25.0. The van der Waals surface area contributed by atoms with E-state index in [-0.39, 0.29) is 11.2 Å². The molecule has 8 heteroatoms. The summed E-state index contributed by atoms with van der Waals surface area (Å²) in [6.07, 6.45) is 4.94. The van der Waals surface area contributed by atoms with Crippen LogP contribution in [0.15, 0.2) is 93.7 Å². The lowest BCUT2D eigenvalue weighted by Crippen LogP contribution is -2.42. The van der Waals surface area contributed by atoms with Crippen molar-refractivity contribution in [2.75, 3.05) is 4.90 Å². The number of ketones is 1. The van der Waals surface area contributed by atoms with Gasteiger partial charge in [0.05, 0.1) is 11.6 Å². The number of hydrogen-bond donors (Lipinski definition) is 1. The van der Waals surface area contributed by atoms with E-state index in [1.54, 1.807) is 16.7 Å². The number of rotatable bonds is 6. The molecule has 6 nitrogen and oxygen atoms in total. The molecule has 5 rings (SSSR count). The van der Waals surface area contributed by atoms with Crippen molar-refractivity contribution >= 4 is 40.1 Å². The molecule has 0 saturated carbocycles. The van der Waals surface area contributed by atoms with Crippen LogP contribution in [0.3, 0.4) is 0 Å². The number of anilines is 1. The number of nitrogens with two attached hydrogens (primary N) is 1. The quantitative estimate of drug-likeness (QED) is 0.376. The number of aromatic nitrogens is 2. The van der Waals surface area contributed by atoms with Crippen molar-refractivity contribution in [3.8, 4) is 6.07 Å². The number of nitrogens with zero attached hydrogens (tertiary/aromatic N) is 4. The molecule has 37 heavy (non-hydrogen) atoms. The van der Waals surface area contributed by atoms with Crippen molar-refractivity contribution < 1.29 is 4.79 Å². The Hall–Kier alpha value is -3.67. The molecule has 2 heterocycles. The Morgan fingerprint density at radius 3 is 2.54 bits per heavy atom. The van der Waals surface area contributed by atoms with Crippen LogP contribution in [0.25, 0.3) is 6.08 Å². The van der Waals surface area contributed by atoms with Crippen LogP contribution in [-0.2, 0) is 10.5 Å². The van der Waals surface area contributed by atoms with Crippen LogP contribution in [0.5, 0.6) is 0 Å². The van der Waals surface area contributed by atoms with E-state index in [9.17, 15) is 10.1 Å². The van der Waals surface area contributed by atoms with Gasteiger partial charge in [0.1, 0.15) is 5.82 Å². The first-order valence-electron chi connectivity index (χ1n) is 12.1. The predicted molar refractivity (Wildman–Crippen MR) is 149 cm³/mol. The van der Waals surface area contributed by atoms with E-state index in [0.29, 0.717) is 34.9 Å². The Balaban J connectivity index is 1.53. The fraction of sp³-hybridized carbons (Fsp3) is 0.241. The summed E-state index contributed by atoms with van der Waals surface area (Å²) in [5, 5.41) is 19.6. The molecule has 186 valence electrons. The monoisotopic (exact) mass is 525 g/mol. The second-order valence-corrected chi connectivity index (χ2v) is 12.1. The Morgan fingerprint density at radius 2 is 1.84 bits per heavy atom. The average Bonchev–Trinajstić information content (AvgIpc) is 3.35. The SMILES string of the molecule is CC1(C)CC(=O)C2=C(C1)N(c1nnc(SCc3ccccc3)s1)C(N)=C(C#N)C2/C=C/c1ccccc1. The first-order chi connectivity index (χ1) is 17.9. The highest BCUT2D eigenvalue weighted by Gasteiger charge is 2.44. The van der Waals surface area contributed by atoms with Crippen LogP contribution in [-0.4, -0.2) is 16.0 Å². The van der Waals surface area contributed by atoms with Crippen molar-refractivity contribution in [2.45, 2.75) is 36.8 Å². The summed E-state index contributed by atoms with van der Waals surface area (Å²) >= 11 is 3.03. The Morgan fingerprint density at radius 1 is 1.14 bits per heavy atom. The van der Waals surface area contributed by atoms with E-state index in [1.165, 1.54) is 16.9 Å². The minimum Gasteiger partial charge on any atom is -0.384 e. The predicted octanol–water partition coefficient (Wildman–Crippen LogP) is 6.32. The zero-order valence-electron chi connectivity index (χ0n) is 20.7. The van der Waals surface area contributed by atoms with Crippen LogP contribution >= 0.6 is 23.1 Å². The molecule has 1 atom stereocenters. The number of hydrogen-bond acceptors (Lipinski definition) is 8. The van der Waals surface area contributed by atoms with Gasteiger partial charge in [-0.3, -0.25) is 9.69 Å². The largest absolute Gasteiger partial charge is 0.384 e. The van der Waals surface area contributed by atoms with Gasteiger partial charge in [-0.1, -0.05) is 110 Å². The molecule has 2 N–H and O–H groups in total. The van der Waals surface area contributed by atoms with Gasteiger partial charge in [0.25, 0.3) is 0 Å². The lowest BCUT2D eigenvalue weighted by molar-refractivity contribution is -0.118. The zero-order chi connectivity index (χ0) is 26.0. The number of benzene rings is 2. The second-order valence-electron chi connectivity index (χ2n) is 9.92. The van der Waals surface area contributed by atoms with Crippen LogP contribution in [0.4, 0.5) is 5.13 Å². The summed E-state index contributed by atoms with van der Waals surface area (Å²) < 4.78 is 0.805. The Bertz CT molecular complexity index is 1450. The van der Waals surface area contributed by atoms with Crippen molar-refractivity contribution in [3.63, 3.8) is 0 Å². The molecular formula is C29H27N5OS2. The fourth-order valence-corrected chi connectivity index (χ4v) is 6.64. The molecule has 1 aromatic heterocycles. The molecule has 2 aliphatic rings. The first-order valence-corrected chi connectivity index (χ1v) is 13.9. The number of carbonyl (C=O) groups is 1. The van der Waals surface area contributed by atoms with Crippen molar-refractivity contribution in [1.29, 1.82) is 5.26 Å². The fourth-order valence-electron chi connectivity index (χ4n) is 4.80. The second kappa shape index (κ2) is 10.4. The third-order valence-electron chi connectivity index (χ3n) is 6.50. The van der Waals surface area contributed by atoms with Crippen LogP contribution in [0.2, 0.25) is 0 Å². The van der Waals surface area contributed by atoms with Crippen LogP contribution in [0, 0.1) is 22.7 Å². The molecule has 0 spiro atoms. The normalized spacial score (nSPS) is 19.3. The standard InChI is InChI=1S/C29H27N5OS2/c1-29(2)15-23-25(24(35)16-29)21(14-13-19-9-5-3-6-10-19)22(17-30)26(31)34(23)27-32-33-28(37-27)36-18-20-11-7-4-8-12-20/h3-14,21H,15-16,18,31H2,1-2H3/b14-13+. The van der Waals surface area contributed by atoms with Gasteiger partial charge < -0.3 is 5.73 Å². The molecule has 0 amide bonds. The van der Waals surface area contributed by atoms with Gasteiger partial charge in [0, 0.05) is 29.4 Å². The third-order valence-corrected chi connectivity index (χ3v) is 8.61. The lowest BCUT2D eigenvalue weighted by Gasteiger charge is -2.41. The minimum absolute atomic E-state index is 0.0439. The highest BCUT2D eigenvalue weighted by Crippen LogP contribution is 2.48. The summed E-state index contributed by atoms with van der Waals surface area (Å²) in [5.41, 5.74) is 10.4. The smallest absolute Gasteiger partial charge is 0.219 e. The molecule has 0 bridgehead atoms. The lowest BCUT2D eigenvalue weighted by atomic mass is 9.70. The molecule has 3 aromatic rings. The molecule has 1 aliphatic heterocycles. The summed E-state index contributed by atoms with van der Waals surface area (Å²) in [5.74, 6) is 0.628. The van der Waals surface area contributed by atoms with Gasteiger partial charge in [0.15, 0.2) is 10.1 Å². The van der Waals surface area contributed by atoms with E-state index in [4.69, 9.17) is 5.73 Å². The van der Waals surface area contributed by atoms with E-state index < -0.39 is 5.92 Å². The molecular weight excluding hydrogens is 498 g/mol. The third kappa shape index (κ3) is 5.24. The number of thioether (sulfide) groups is 1. The van der Waals surface area contributed by atoms with Crippen molar-refractivity contribution in [1.82, 2.24) is 10.2 Å². The van der Waals surface area contributed by atoms with Crippen LogP contribution in [0.1, 0.15) is 37.8 Å². The van der Waals surface area contributed by atoms with Gasteiger partial charge >= 0.3 is 0 Å². The van der Waals surface area contributed by atoms with Gasteiger partial charge in [-0.25, -0.2) is 0 Å². The van der Waals surface area contributed by atoms with Gasteiger partial charge in [-0.2, -0.15) is 5.26 Å². The maximum Gasteiger partial charge on any atom is 0.219 e. The summed E-state index contributed by atoms with van der Waals surface area (Å²) in [6.45, 7) is 4.17. The average molecular weight is 526 g/mol. The number of nitriles is 1. The summed E-state index contributed by atoms with van der Waals surface area (Å²) in [4.78, 5) is 15.3. The maximum atomic E-state index is 13.5. The topological polar surface area (TPSA) is 95.9 Å². The highest BCUT2D eigenvalue weighted by atomic mass is 32.2. The van der Waals surface area contributed by atoms with E-state index in [0.717, 1.165) is 21.4 Å². The van der Waals surface area contributed by atoms with Gasteiger partial charge in [0.2, 0.25) is 5.13 Å². The molecule has 1 aliphatic carbocycles. The number of carbonyl (C=O) groups excluding carboxylic acids is 1. The molecule has 0 fully saturated rings. The zero-order valence-corrected chi connectivity index (χ0v) is 22.4. The maximum absolute atomic E-state index is 13.5. The highest BCUT2D eigenvalue weighted by molar-refractivity contribution is 8.00. The minimum atomic E-state index is -0.500. The number of allylic oxidation sites excluding steroid dienone is 4. The van der Waals surface area contributed by atoms with E-state index in [1.807, 2.05) is 60.7 Å². The Labute approximate surface area is 225 Å². The van der Waals surface area contributed by atoms with E-state index >= 15 is 0 Å². The molecule has 1 unspecified atom stereocenters. The molecule has 0 radical (unpaired) electrons. The molecule has 0 saturated heterocycles. The van der Waals surface area contributed by atoms with Gasteiger partial charge in [-0.05, 0) is 23.0 Å². The van der Waals surface area contributed by atoms with Crippen molar-refractivity contribution in [3.05, 3.63) is 101 Å². The van der Waals surface area contributed by atoms with Gasteiger partial charge in [-0.15, -0.1) is 10.2 Å². The Kier molecular flexibility index (Phi) is 7.00.